The Balaban J connectivity index is 0.00000261. The standard InChI is InChI=1S/C17H14F3N3O2S.Li.H/c1-11-2-4-12(5-3-11)15-10-16(17(18,19)20)22-23(15)13-6-8-14(9-7-13)26(21,24)25;;/h2-10H,1H3,(H2,21,24,25);;. The average Bonchev–Trinajstić information content (AvgIpc) is 3.00. The first-order chi connectivity index (χ1) is 12.1. The van der Waals surface area contributed by atoms with Crippen LogP contribution in [0.2, 0.25) is 0 Å². The molecule has 0 aliphatic heterocycles. The van der Waals surface area contributed by atoms with E-state index in [0.717, 1.165) is 16.3 Å². The number of aryl methyl sites for hydroxylation is 1. The van der Waals surface area contributed by atoms with Gasteiger partial charge in [-0.15, -0.1) is 0 Å². The van der Waals surface area contributed by atoms with Crippen molar-refractivity contribution in [3.05, 3.63) is 65.9 Å². The number of alkyl halides is 3. The van der Waals surface area contributed by atoms with Crippen molar-refractivity contribution < 1.29 is 21.6 Å². The van der Waals surface area contributed by atoms with Crippen molar-refractivity contribution in [2.24, 2.45) is 5.14 Å². The number of nitrogens with two attached hydrogens (primary N) is 1. The molecule has 0 fully saturated rings. The molecule has 0 aliphatic carbocycles. The molecule has 138 valence electrons. The first-order valence-corrected chi connectivity index (χ1v) is 8.98. The summed E-state index contributed by atoms with van der Waals surface area (Å²) in [6.07, 6.45) is -4.61. The molecular weight excluding hydrogens is 374 g/mol. The molecule has 0 aliphatic rings. The number of hydrogen-bond donors (Lipinski definition) is 1. The van der Waals surface area contributed by atoms with E-state index in [2.05, 4.69) is 5.10 Å². The molecule has 0 saturated carbocycles. The van der Waals surface area contributed by atoms with Gasteiger partial charge in [-0.2, -0.15) is 18.3 Å². The molecule has 1 aromatic heterocycles. The predicted octanol–water partition coefficient (Wildman–Crippen LogP) is 2.87. The quantitative estimate of drug-likeness (QED) is 0.700. The second kappa shape index (κ2) is 7.52. The Morgan fingerprint density at radius 3 is 2.04 bits per heavy atom. The van der Waals surface area contributed by atoms with Crippen LogP contribution in [-0.4, -0.2) is 37.1 Å². The summed E-state index contributed by atoms with van der Waals surface area (Å²) >= 11 is 0. The molecule has 0 unspecified atom stereocenters. The van der Waals surface area contributed by atoms with E-state index in [9.17, 15) is 21.6 Å². The molecule has 0 atom stereocenters. The fourth-order valence-corrected chi connectivity index (χ4v) is 2.94. The molecule has 1 heterocycles. The molecule has 0 spiro atoms. The van der Waals surface area contributed by atoms with E-state index in [-0.39, 0.29) is 35.1 Å². The van der Waals surface area contributed by atoms with Gasteiger partial charge in [0.25, 0.3) is 0 Å². The average molecular weight is 389 g/mol. The van der Waals surface area contributed by atoms with Crippen molar-refractivity contribution in [3.8, 4) is 16.9 Å². The summed E-state index contributed by atoms with van der Waals surface area (Å²) in [7, 11) is -3.90. The van der Waals surface area contributed by atoms with Crippen molar-refractivity contribution in [1.82, 2.24) is 9.78 Å². The SMILES string of the molecule is Cc1ccc(-c2cc(C(F)(F)F)nn2-c2ccc(S(N)(=O)=O)cc2)cc1.[LiH]. The van der Waals surface area contributed by atoms with Crippen LogP contribution >= 0.6 is 0 Å². The Labute approximate surface area is 166 Å². The number of rotatable bonds is 3. The Bertz CT molecular complexity index is 1040. The van der Waals surface area contributed by atoms with Crippen LogP contribution in [0.4, 0.5) is 13.2 Å². The molecule has 0 radical (unpaired) electrons. The first-order valence-electron chi connectivity index (χ1n) is 7.43. The van der Waals surface area contributed by atoms with Crippen molar-refractivity contribution in [2.75, 3.05) is 0 Å². The monoisotopic (exact) mass is 389 g/mol. The minimum absolute atomic E-state index is 0. The second-order valence-corrected chi connectivity index (χ2v) is 7.29. The Kier molecular flexibility index (Phi) is 5.92. The van der Waals surface area contributed by atoms with Gasteiger partial charge in [0.05, 0.1) is 16.3 Å². The van der Waals surface area contributed by atoms with Gasteiger partial charge in [0.2, 0.25) is 10.0 Å². The van der Waals surface area contributed by atoms with E-state index in [0.29, 0.717) is 5.56 Å². The summed E-state index contributed by atoms with van der Waals surface area (Å²) in [4.78, 5) is -0.138. The van der Waals surface area contributed by atoms with E-state index >= 15 is 0 Å². The van der Waals surface area contributed by atoms with Crippen LogP contribution in [0, 0.1) is 6.92 Å². The maximum absolute atomic E-state index is 13.1. The van der Waals surface area contributed by atoms with Gasteiger partial charge in [0.15, 0.2) is 5.69 Å². The van der Waals surface area contributed by atoms with E-state index in [4.69, 9.17) is 5.14 Å². The minimum atomic E-state index is -4.61. The molecule has 0 bridgehead atoms. The first kappa shape index (κ1) is 21.2. The van der Waals surface area contributed by atoms with Gasteiger partial charge >= 0.3 is 25.0 Å². The van der Waals surface area contributed by atoms with Crippen molar-refractivity contribution in [2.45, 2.75) is 18.0 Å². The number of hydrogen-bond acceptors (Lipinski definition) is 3. The fraction of sp³-hybridized carbons (Fsp3) is 0.118. The van der Waals surface area contributed by atoms with Gasteiger partial charge in [-0.1, -0.05) is 29.8 Å². The summed E-state index contributed by atoms with van der Waals surface area (Å²) in [6.45, 7) is 1.87. The van der Waals surface area contributed by atoms with Gasteiger partial charge in [0.1, 0.15) is 0 Å². The van der Waals surface area contributed by atoms with E-state index in [1.807, 2.05) is 6.92 Å². The molecule has 2 aromatic carbocycles. The number of nitrogens with zero attached hydrogens (tertiary/aromatic N) is 2. The zero-order chi connectivity index (χ0) is 19.1. The molecule has 2 N–H and O–H groups in total. The summed E-state index contributed by atoms with van der Waals surface area (Å²) in [5.74, 6) is 0. The molecule has 3 aromatic rings. The Morgan fingerprint density at radius 2 is 1.56 bits per heavy atom. The third-order valence-corrected chi connectivity index (χ3v) is 4.69. The molecular formula is C17H15F3LiN3O2S. The van der Waals surface area contributed by atoms with Gasteiger partial charge < -0.3 is 0 Å². The zero-order valence-electron chi connectivity index (χ0n) is 13.5. The summed E-state index contributed by atoms with van der Waals surface area (Å²) < 4.78 is 63.2. The molecule has 5 nitrogen and oxygen atoms in total. The van der Waals surface area contributed by atoms with Crippen LogP contribution in [0.5, 0.6) is 0 Å². The predicted molar refractivity (Wildman–Crippen MR) is 97.3 cm³/mol. The van der Waals surface area contributed by atoms with Crippen LogP contribution in [0.1, 0.15) is 11.3 Å². The third-order valence-electron chi connectivity index (χ3n) is 3.76. The molecule has 0 saturated heterocycles. The van der Waals surface area contributed by atoms with Gasteiger partial charge in [-0.3, -0.25) is 0 Å². The third kappa shape index (κ3) is 4.62. The normalized spacial score (nSPS) is 11.9. The van der Waals surface area contributed by atoms with Crippen LogP contribution in [0.25, 0.3) is 16.9 Å². The van der Waals surface area contributed by atoms with E-state index in [1.54, 1.807) is 24.3 Å². The molecule has 27 heavy (non-hydrogen) atoms. The van der Waals surface area contributed by atoms with Crippen molar-refractivity contribution in [1.29, 1.82) is 0 Å². The summed E-state index contributed by atoms with van der Waals surface area (Å²) in [5.41, 5.74) is 0.996. The molecule has 0 amide bonds. The molecule has 10 heteroatoms. The second-order valence-electron chi connectivity index (χ2n) is 5.73. The number of halogens is 3. The summed E-state index contributed by atoms with van der Waals surface area (Å²) in [5, 5.41) is 8.70. The van der Waals surface area contributed by atoms with Crippen LogP contribution in [-0.2, 0) is 16.2 Å². The van der Waals surface area contributed by atoms with Crippen LogP contribution < -0.4 is 5.14 Å². The van der Waals surface area contributed by atoms with Gasteiger partial charge in [-0.25, -0.2) is 18.2 Å². The Hall–Kier alpha value is -2.05. The van der Waals surface area contributed by atoms with Crippen molar-refractivity contribution in [3.63, 3.8) is 0 Å². The van der Waals surface area contributed by atoms with Crippen LogP contribution in [0.15, 0.2) is 59.5 Å². The van der Waals surface area contributed by atoms with E-state index in [1.165, 1.54) is 24.3 Å². The zero-order valence-corrected chi connectivity index (χ0v) is 14.3. The maximum atomic E-state index is 13.1. The van der Waals surface area contributed by atoms with Crippen LogP contribution in [0.3, 0.4) is 0 Å². The van der Waals surface area contributed by atoms with E-state index < -0.39 is 21.9 Å². The molecule has 3 rings (SSSR count). The number of sulfonamides is 1. The van der Waals surface area contributed by atoms with Crippen molar-refractivity contribution >= 4 is 28.9 Å². The summed E-state index contributed by atoms with van der Waals surface area (Å²) in [6, 6.07) is 13.1. The number of aromatic nitrogens is 2. The fourth-order valence-electron chi connectivity index (χ4n) is 2.42. The number of benzene rings is 2. The van der Waals surface area contributed by atoms with Gasteiger partial charge in [-0.05, 0) is 37.3 Å². The Morgan fingerprint density at radius 1 is 1.00 bits per heavy atom. The topological polar surface area (TPSA) is 78.0 Å². The number of primary sulfonamides is 1. The van der Waals surface area contributed by atoms with Gasteiger partial charge in [0, 0.05) is 5.56 Å².